The zero-order valence-corrected chi connectivity index (χ0v) is 13.3. The molecule has 3 unspecified atom stereocenters. The Bertz CT molecular complexity index is 414. The highest BCUT2D eigenvalue weighted by molar-refractivity contribution is 7.87. The third-order valence-electron chi connectivity index (χ3n) is 3.70. The number of carbonyl (C=O) groups is 1. The number of rotatable bonds is 7. The molecule has 0 aromatic carbocycles. The van der Waals surface area contributed by atoms with Gasteiger partial charge in [0.05, 0.1) is 5.92 Å². The SMILES string of the molecule is CC1CC(C)CN(S(=O)(=O)NCCCC(C)C(=O)O)C1. The van der Waals surface area contributed by atoms with Crippen LogP contribution in [0.4, 0.5) is 0 Å². The zero-order valence-electron chi connectivity index (χ0n) is 12.5. The summed E-state index contributed by atoms with van der Waals surface area (Å²) in [6, 6.07) is 0. The lowest BCUT2D eigenvalue weighted by atomic mass is 9.94. The summed E-state index contributed by atoms with van der Waals surface area (Å²) in [5, 5.41) is 8.76. The number of nitrogens with zero attached hydrogens (tertiary/aromatic N) is 1. The van der Waals surface area contributed by atoms with Crippen molar-refractivity contribution < 1.29 is 18.3 Å². The van der Waals surface area contributed by atoms with Crippen molar-refractivity contribution in [2.24, 2.45) is 17.8 Å². The van der Waals surface area contributed by atoms with Crippen molar-refractivity contribution in [3.05, 3.63) is 0 Å². The maximum Gasteiger partial charge on any atom is 0.306 e. The number of hydrogen-bond donors (Lipinski definition) is 2. The van der Waals surface area contributed by atoms with Crippen molar-refractivity contribution in [3.8, 4) is 0 Å². The molecule has 118 valence electrons. The Morgan fingerprint density at radius 2 is 1.90 bits per heavy atom. The summed E-state index contributed by atoms with van der Waals surface area (Å²) in [7, 11) is -3.43. The number of nitrogens with one attached hydrogen (secondary N) is 1. The topological polar surface area (TPSA) is 86.7 Å². The van der Waals surface area contributed by atoms with E-state index in [1.165, 1.54) is 4.31 Å². The monoisotopic (exact) mass is 306 g/mol. The van der Waals surface area contributed by atoms with Crippen molar-refractivity contribution in [2.45, 2.75) is 40.0 Å². The van der Waals surface area contributed by atoms with E-state index >= 15 is 0 Å². The molecule has 1 aliphatic heterocycles. The van der Waals surface area contributed by atoms with Gasteiger partial charge >= 0.3 is 5.97 Å². The maximum atomic E-state index is 12.2. The Balaban J connectivity index is 2.39. The maximum absolute atomic E-state index is 12.2. The molecule has 7 heteroatoms. The predicted molar refractivity (Wildman–Crippen MR) is 77.5 cm³/mol. The molecule has 0 radical (unpaired) electrons. The molecule has 0 aromatic rings. The highest BCUT2D eigenvalue weighted by atomic mass is 32.2. The number of hydrogen-bond acceptors (Lipinski definition) is 3. The molecule has 1 aliphatic rings. The second-order valence-electron chi connectivity index (χ2n) is 6.04. The molecule has 0 bridgehead atoms. The van der Waals surface area contributed by atoms with Gasteiger partial charge in [-0.25, -0.2) is 4.72 Å². The minimum absolute atomic E-state index is 0.291. The van der Waals surface area contributed by atoms with Crippen molar-refractivity contribution in [2.75, 3.05) is 19.6 Å². The van der Waals surface area contributed by atoms with Crippen molar-refractivity contribution in [1.29, 1.82) is 0 Å². The first-order valence-corrected chi connectivity index (χ1v) is 8.64. The van der Waals surface area contributed by atoms with Crippen LogP contribution in [-0.2, 0) is 15.0 Å². The van der Waals surface area contributed by atoms with E-state index in [1.807, 2.05) is 0 Å². The highest BCUT2D eigenvalue weighted by Gasteiger charge is 2.29. The molecule has 0 aliphatic carbocycles. The summed E-state index contributed by atoms with van der Waals surface area (Å²) in [5.41, 5.74) is 0. The fraction of sp³-hybridized carbons (Fsp3) is 0.923. The minimum atomic E-state index is -3.43. The van der Waals surface area contributed by atoms with Crippen LogP contribution in [0.15, 0.2) is 0 Å². The number of piperidine rings is 1. The van der Waals surface area contributed by atoms with E-state index in [1.54, 1.807) is 6.92 Å². The Morgan fingerprint density at radius 1 is 1.35 bits per heavy atom. The van der Waals surface area contributed by atoms with Gasteiger partial charge < -0.3 is 5.11 Å². The van der Waals surface area contributed by atoms with Crippen molar-refractivity contribution in [3.63, 3.8) is 0 Å². The number of carboxylic acid groups (broad SMARTS) is 1. The van der Waals surface area contributed by atoms with E-state index in [0.29, 0.717) is 44.3 Å². The van der Waals surface area contributed by atoms with Gasteiger partial charge in [0.15, 0.2) is 0 Å². The van der Waals surface area contributed by atoms with E-state index in [4.69, 9.17) is 5.11 Å². The molecule has 1 heterocycles. The van der Waals surface area contributed by atoms with Crippen LogP contribution in [0.3, 0.4) is 0 Å². The van der Waals surface area contributed by atoms with Crippen LogP contribution in [-0.4, -0.2) is 43.4 Å². The van der Waals surface area contributed by atoms with Gasteiger partial charge in [0.1, 0.15) is 0 Å². The van der Waals surface area contributed by atoms with Gasteiger partial charge in [-0.05, 0) is 31.1 Å². The smallest absolute Gasteiger partial charge is 0.306 e. The van der Waals surface area contributed by atoms with Gasteiger partial charge in [0.25, 0.3) is 10.2 Å². The van der Waals surface area contributed by atoms with Crippen LogP contribution in [0.25, 0.3) is 0 Å². The molecule has 0 spiro atoms. The van der Waals surface area contributed by atoms with Gasteiger partial charge in [0.2, 0.25) is 0 Å². The third-order valence-corrected chi connectivity index (χ3v) is 5.24. The Kier molecular flexibility index (Phi) is 6.42. The fourth-order valence-electron chi connectivity index (χ4n) is 2.63. The second kappa shape index (κ2) is 7.38. The standard InChI is InChI=1S/C13H26N2O4S/c1-10-7-11(2)9-15(8-10)20(18,19)14-6-4-5-12(3)13(16)17/h10-12,14H,4-9H2,1-3H3,(H,16,17). The first-order chi connectivity index (χ1) is 9.22. The van der Waals surface area contributed by atoms with Gasteiger partial charge in [-0.2, -0.15) is 12.7 Å². The van der Waals surface area contributed by atoms with Gasteiger partial charge in [-0.1, -0.05) is 20.8 Å². The van der Waals surface area contributed by atoms with Gasteiger partial charge in [-0.3, -0.25) is 4.79 Å². The van der Waals surface area contributed by atoms with Gasteiger partial charge in [0, 0.05) is 19.6 Å². The molecule has 6 nitrogen and oxygen atoms in total. The molecule has 0 saturated carbocycles. The van der Waals surface area contributed by atoms with E-state index < -0.39 is 22.1 Å². The van der Waals surface area contributed by atoms with Gasteiger partial charge in [-0.15, -0.1) is 0 Å². The Morgan fingerprint density at radius 3 is 2.40 bits per heavy atom. The molecule has 0 aromatic heterocycles. The average Bonchev–Trinajstić information content (AvgIpc) is 2.33. The lowest BCUT2D eigenvalue weighted by Gasteiger charge is -2.33. The van der Waals surface area contributed by atoms with Crippen LogP contribution in [0.1, 0.15) is 40.0 Å². The summed E-state index contributed by atoms with van der Waals surface area (Å²) in [4.78, 5) is 10.7. The molecule has 1 fully saturated rings. The van der Waals surface area contributed by atoms with E-state index in [0.717, 1.165) is 6.42 Å². The van der Waals surface area contributed by atoms with Crippen molar-refractivity contribution in [1.82, 2.24) is 9.03 Å². The summed E-state index contributed by atoms with van der Waals surface area (Å²) in [5.74, 6) is -0.522. The first kappa shape index (κ1) is 17.4. The quantitative estimate of drug-likeness (QED) is 0.694. The highest BCUT2D eigenvalue weighted by Crippen LogP contribution is 2.22. The summed E-state index contributed by atoms with van der Waals surface area (Å²) < 4.78 is 28.4. The normalized spacial score (nSPS) is 26.4. The summed E-state index contributed by atoms with van der Waals surface area (Å²) >= 11 is 0. The lowest BCUT2D eigenvalue weighted by molar-refractivity contribution is -0.141. The van der Waals surface area contributed by atoms with Crippen LogP contribution < -0.4 is 4.72 Å². The Labute approximate surface area is 121 Å². The average molecular weight is 306 g/mol. The van der Waals surface area contributed by atoms with Crippen LogP contribution in [0.2, 0.25) is 0 Å². The third kappa shape index (κ3) is 5.38. The fourth-order valence-corrected chi connectivity index (χ4v) is 4.11. The molecular formula is C13H26N2O4S. The minimum Gasteiger partial charge on any atom is -0.481 e. The van der Waals surface area contributed by atoms with E-state index in [2.05, 4.69) is 18.6 Å². The van der Waals surface area contributed by atoms with Crippen LogP contribution in [0.5, 0.6) is 0 Å². The molecule has 20 heavy (non-hydrogen) atoms. The summed E-state index contributed by atoms with van der Waals surface area (Å²) in [6.07, 6.45) is 2.07. The molecule has 0 amide bonds. The van der Waals surface area contributed by atoms with Crippen LogP contribution >= 0.6 is 0 Å². The molecule has 3 atom stereocenters. The Hall–Kier alpha value is -0.660. The van der Waals surface area contributed by atoms with Crippen molar-refractivity contribution >= 4 is 16.2 Å². The number of aliphatic carboxylic acids is 1. The summed E-state index contributed by atoms with van der Waals surface area (Å²) in [6.45, 7) is 7.17. The largest absolute Gasteiger partial charge is 0.481 e. The van der Waals surface area contributed by atoms with E-state index in [-0.39, 0.29) is 0 Å². The lowest BCUT2D eigenvalue weighted by Crippen LogP contribution is -2.48. The molecular weight excluding hydrogens is 280 g/mol. The second-order valence-corrected chi connectivity index (χ2v) is 7.80. The van der Waals surface area contributed by atoms with Crippen LogP contribution in [0, 0.1) is 17.8 Å². The molecule has 1 rings (SSSR count). The number of carboxylic acids is 1. The van der Waals surface area contributed by atoms with E-state index in [9.17, 15) is 13.2 Å². The first-order valence-electron chi connectivity index (χ1n) is 7.20. The zero-order chi connectivity index (χ0) is 15.3. The molecule has 1 saturated heterocycles. The predicted octanol–water partition coefficient (Wildman–Crippen LogP) is 1.30. The molecule has 2 N–H and O–H groups in total.